The van der Waals surface area contributed by atoms with Gasteiger partial charge in [-0.3, -0.25) is 0 Å². The van der Waals surface area contributed by atoms with Crippen molar-refractivity contribution < 1.29 is 4.74 Å². The predicted octanol–water partition coefficient (Wildman–Crippen LogP) is 2.63. The second-order valence-corrected chi connectivity index (χ2v) is 4.83. The number of halogens is 2. The molecule has 1 aromatic heterocycles. The van der Waals surface area contributed by atoms with E-state index in [0.717, 1.165) is 31.1 Å². The summed E-state index contributed by atoms with van der Waals surface area (Å²) in [6.45, 7) is 4.80. The molecule has 1 aliphatic heterocycles. The Hall–Kier alpha value is -0.580. The van der Waals surface area contributed by atoms with Gasteiger partial charge in [-0.25, -0.2) is 4.98 Å². The van der Waals surface area contributed by atoms with Gasteiger partial charge >= 0.3 is 6.01 Å². The molecule has 2 rings (SSSR count). The van der Waals surface area contributed by atoms with Gasteiger partial charge in [-0.15, -0.1) is 12.4 Å². The van der Waals surface area contributed by atoms with Crippen LogP contribution < -0.4 is 10.1 Å². The zero-order valence-electron chi connectivity index (χ0n) is 10.5. The lowest BCUT2D eigenvalue weighted by Crippen LogP contribution is -2.28. The quantitative estimate of drug-likeness (QED) is 0.867. The topological polar surface area (TPSA) is 47.0 Å². The summed E-state index contributed by atoms with van der Waals surface area (Å²) in [7, 11) is 0. The van der Waals surface area contributed by atoms with Gasteiger partial charge in [0.1, 0.15) is 5.15 Å². The Kier molecular flexibility index (Phi) is 6.68. The first-order valence-corrected chi connectivity index (χ1v) is 6.46. The minimum atomic E-state index is 0. The Bertz CT molecular complexity index is 350. The zero-order valence-corrected chi connectivity index (χ0v) is 12.1. The summed E-state index contributed by atoms with van der Waals surface area (Å²) < 4.78 is 5.54. The van der Waals surface area contributed by atoms with E-state index < -0.39 is 0 Å². The number of piperidine rings is 1. The van der Waals surface area contributed by atoms with Gasteiger partial charge in [0.05, 0.1) is 6.61 Å². The monoisotopic (exact) mass is 291 g/mol. The maximum Gasteiger partial charge on any atom is 0.318 e. The molecule has 18 heavy (non-hydrogen) atoms. The smallest absolute Gasteiger partial charge is 0.318 e. The second-order valence-electron chi connectivity index (χ2n) is 4.45. The molecule has 0 unspecified atom stereocenters. The molecule has 1 aromatic rings. The first kappa shape index (κ1) is 15.5. The van der Waals surface area contributed by atoms with Crippen molar-refractivity contribution in [3.8, 4) is 6.01 Å². The summed E-state index contributed by atoms with van der Waals surface area (Å²) in [5, 5.41) is 3.79. The average Bonchev–Trinajstić information content (AvgIpc) is 2.29. The highest BCUT2D eigenvalue weighted by Gasteiger charge is 2.13. The number of ether oxygens (including phenoxy) is 1. The largest absolute Gasteiger partial charge is 0.463 e. The molecular weight excluding hydrogens is 273 g/mol. The molecule has 0 spiro atoms. The average molecular weight is 292 g/mol. The van der Waals surface area contributed by atoms with E-state index >= 15 is 0 Å². The van der Waals surface area contributed by atoms with Crippen LogP contribution in [0.25, 0.3) is 0 Å². The van der Waals surface area contributed by atoms with Gasteiger partial charge in [0.25, 0.3) is 0 Å². The second kappa shape index (κ2) is 7.77. The van der Waals surface area contributed by atoms with Gasteiger partial charge in [0, 0.05) is 5.69 Å². The normalized spacial score (nSPS) is 16.1. The van der Waals surface area contributed by atoms with Crippen molar-refractivity contribution in [1.29, 1.82) is 0 Å². The summed E-state index contributed by atoms with van der Waals surface area (Å²) in [6, 6.07) is 2.12. The minimum absolute atomic E-state index is 0. The van der Waals surface area contributed by atoms with Crippen molar-refractivity contribution in [3.05, 3.63) is 16.9 Å². The molecule has 2 heterocycles. The highest BCUT2D eigenvalue weighted by atomic mass is 35.5. The number of aryl methyl sites for hydroxylation is 1. The Morgan fingerprint density at radius 2 is 2.11 bits per heavy atom. The van der Waals surface area contributed by atoms with E-state index in [2.05, 4.69) is 15.3 Å². The molecule has 1 aliphatic rings. The van der Waals surface area contributed by atoms with Crippen molar-refractivity contribution >= 4 is 24.0 Å². The molecule has 0 radical (unpaired) electrons. The van der Waals surface area contributed by atoms with E-state index in [1.165, 1.54) is 12.8 Å². The van der Waals surface area contributed by atoms with Gasteiger partial charge in [-0.2, -0.15) is 4.98 Å². The van der Waals surface area contributed by atoms with Crippen LogP contribution in [0, 0.1) is 12.8 Å². The third-order valence-corrected chi connectivity index (χ3v) is 3.21. The molecule has 0 amide bonds. The van der Waals surface area contributed by atoms with Crippen molar-refractivity contribution in [2.45, 2.75) is 26.2 Å². The first-order valence-electron chi connectivity index (χ1n) is 6.09. The van der Waals surface area contributed by atoms with Gasteiger partial charge < -0.3 is 10.1 Å². The Labute approximate surface area is 119 Å². The summed E-state index contributed by atoms with van der Waals surface area (Å²) in [6.07, 6.45) is 3.54. The van der Waals surface area contributed by atoms with Crippen LogP contribution in [-0.2, 0) is 0 Å². The van der Waals surface area contributed by atoms with E-state index in [-0.39, 0.29) is 12.4 Å². The van der Waals surface area contributed by atoms with Crippen LogP contribution in [0.15, 0.2) is 6.07 Å². The summed E-state index contributed by atoms with van der Waals surface area (Å²) >= 11 is 5.84. The van der Waals surface area contributed by atoms with Crippen LogP contribution in [0.2, 0.25) is 5.15 Å². The third-order valence-electron chi connectivity index (χ3n) is 3.02. The highest BCUT2D eigenvalue weighted by molar-refractivity contribution is 6.29. The summed E-state index contributed by atoms with van der Waals surface area (Å²) in [5.41, 5.74) is 0.835. The molecule has 4 nitrogen and oxygen atoms in total. The van der Waals surface area contributed by atoms with Crippen molar-refractivity contribution in [2.24, 2.45) is 5.92 Å². The molecule has 1 saturated heterocycles. The Morgan fingerprint density at radius 1 is 1.39 bits per heavy atom. The fourth-order valence-electron chi connectivity index (χ4n) is 2.06. The van der Waals surface area contributed by atoms with Crippen LogP contribution in [0.3, 0.4) is 0 Å². The van der Waals surface area contributed by atoms with Crippen LogP contribution in [-0.4, -0.2) is 29.7 Å². The maximum atomic E-state index is 5.84. The van der Waals surface area contributed by atoms with Crippen LogP contribution >= 0.6 is 24.0 Å². The molecule has 0 aromatic carbocycles. The summed E-state index contributed by atoms with van der Waals surface area (Å²) in [5.74, 6) is 0.761. The molecule has 0 saturated carbocycles. The molecule has 1 fully saturated rings. The third kappa shape index (κ3) is 4.96. The van der Waals surface area contributed by atoms with Crippen LogP contribution in [0.5, 0.6) is 6.01 Å². The molecule has 0 atom stereocenters. The van der Waals surface area contributed by atoms with E-state index in [9.17, 15) is 0 Å². The summed E-state index contributed by atoms with van der Waals surface area (Å²) in [4.78, 5) is 8.22. The van der Waals surface area contributed by atoms with Gasteiger partial charge in [0.2, 0.25) is 0 Å². The lowest BCUT2D eigenvalue weighted by Gasteiger charge is -2.22. The molecule has 0 aliphatic carbocycles. The molecule has 0 bridgehead atoms. The fourth-order valence-corrected chi connectivity index (χ4v) is 2.29. The number of hydrogen-bond acceptors (Lipinski definition) is 4. The lowest BCUT2D eigenvalue weighted by molar-refractivity contribution is 0.237. The lowest BCUT2D eigenvalue weighted by atomic mass is 9.95. The predicted molar refractivity (Wildman–Crippen MR) is 74.7 cm³/mol. The van der Waals surface area contributed by atoms with Gasteiger partial charge in [-0.05, 0) is 51.3 Å². The molecule has 102 valence electrons. The molecular formula is C12H19Cl2N3O. The van der Waals surface area contributed by atoms with Crippen molar-refractivity contribution in [1.82, 2.24) is 15.3 Å². The van der Waals surface area contributed by atoms with Crippen molar-refractivity contribution in [2.75, 3.05) is 19.7 Å². The highest BCUT2D eigenvalue weighted by Crippen LogP contribution is 2.17. The molecule has 1 N–H and O–H groups in total. The maximum absolute atomic E-state index is 5.84. The van der Waals surface area contributed by atoms with E-state index in [1.54, 1.807) is 6.07 Å². The first-order chi connectivity index (χ1) is 8.24. The van der Waals surface area contributed by atoms with Crippen LogP contribution in [0.1, 0.15) is 25.0 Å². The Balaban J connectivity index is 0.00000162. The zero-order chi connectivity index (χ0) is 12.1. The SMILES string of the molecule is Cc1cc(Cl)nc(OCCC2CCNCC2)n1.Cl. The van der Waals surface area contributed by atoms with E-state index in [1.807, 2.05) is 6.92 Å². The van der Waals surface area contributed by atoms with Gasteiger partial charge in [0.15, 0.2) is 0 Å². The standard InChI is InChI=1S/C12H18ClN3O.ClH/c1-9-8-11(13)16-12(15-9)17-7-4-10-2-5-14-6-3-10;/h8,10,14H,2-7H2,1H3;1H. The number of nitrogens with one attached hydrogen (secondary N) is 1. The number of aromatic nitrogens is 2. The van der Waals surface area contributed by atoms with Crippen LogP contribution in [0.4, 0.5) is 0 Å². The Morgan fingerprint density at radius 3 is 2.78 bits per heavy atom. The number of rotatable bonds is 4. The van der Waals surface area contributed by atoms with E-state index in [0.29, 0.717) is 17.8 Å². The van der Waals surface area contributed by atoms with Gasteiger partial charge in [-0.1, -0.05) is 11.6 Å². The fraction of sp³-hybridized carbons (Fsp3) is 0.667. The number of nitrogens with zero attached hydrogens (tertiary/aromatic N) is 2. The number of hydrogen-bond donors (Lipinski definition) is 1. The molecule has 6 heteroatoms. The minimum Gasteiger partial charge on any atom is -0.463 e. The van der Waals surface area contributed by atoms with E-state index in [4.69, 9.17) is 16.3 Å². The van der Waals surface area contributed by atoms with Crippen molar-refractivity contribution in [3.63, 3.8) is 0 Å².